The van der Waals surface area contributed by atoms with Crippen molar-refractivity contribution in [3.05, 3.63) is 18.4 Å². The second kappa shape index (κ2) is 2.81. The molecule has 14 heavy (non-hydrogen) atoms. The van der Waals surface area contributed by atoms with Gasteiger partial charge in [0, 0.05) is 0 Å². The van der Waals surface area contributed by atoms with Gasteiger partial charge in [-0.3, -0.25) is 0 Å². The van der Waals surface area contributed by atoms with Gasteiger partial charge >= 0.3 is 0 Å². The highest BCUT2D eigenvalue weighted by atomic mass is 16.8. The van der Waals surface area contributed by atoms with Gasteiger partial charge < -0.3 is 13.9 Å². The highest BCUT2D eigenvalue weighted by molar-refractivity contribution is 5.01. The van der Waals surface area contributed by atoms with Crippen LogP contribution in [0.4, 0.5) is 0 Å². The fourth-order valence-corrected chi connectivity index (χ4v) is 1.30. The third-order valence-electron chi connectivity index (χ3n) is 2.94. The molecule has 0 spiro atoms. The highest BCUT2D eigenvalue weighted by Gasteiger charge is 2.50. The third-order valence-corrected chi connectivity index (χ3v) is 2.94. The van der Waals surface area contributed by atoms with Gasteiger partial charge in [-0.05, 0) is 27.7 Å². The Kier molecular flexibility index (Phi) is 1.94. The number of oxazole rings is 1. The molecule has 0 atom stereocenters. The summed E-state index contributed by atoms with van der Waals surface area (Å²) >= 11 is 0. The standard InChI is InChI=1S/C10H15NO3/c1-9(2)10(3,4)14-8(13-9)7-5-11-6-12-7/h5-6,8H,1-4H3. The van der Waals surface area contributed by atoms with Crippen LogP contribution in [0.15, 0.2) is 17.0 Å². The molecule has 1 saturated heterocycles. The number of hydrogen-bond acceptors (Lipinski definition) is 4. The van der Waals surface area contributed by atoms with Gasteiger partial charge in [0.15, 0.2) is 12.2 Å². The molecule has 0 unspecified atom stereocenters. The van der Waals surface area contributed by atoms with Crippen molar-refractivity contribution < 1.29 is 13.9 Å². The summed E-state index contributed by atoms with van der Waals surface area (Å²) in [6.07, 6.45) is 2.55. The van der Waals surface area contributed by atoms with E-state index in [9.17, 15) is 0 Å². The lowest BCUT2D eigenvalue weighted by molar-refractivity contribution is -0.102. The van der Waals surface area contributed by atoms with E-state index in [4.69, 9.17) is 13.9 Å². The zero-order valence-corrected chi connectivity index (χ0v) is 8.90. The van der Waals surface area contributed by atoms with E-state index in [1.165, 1.54) is 6.39 Å². The van der Waals surface area contributed by atoms with Gasteiger partial charge in [-0.25, -0.2) is 4.98 Å². The Balaban J connectivity index is 2.22. The smallest absolute Gasteiger partial charge is 0.220 e. The summed E-state index contributed by atoms with van der Waals surface area (Å²) in [5, 5.41) is 0. The van der Waals surface area contributed by atoms with Gasteiger partial charge in [0.1, 0.15) is 0 Å². The maximum Gasteiger partial charge on any atom is 0.220 e. The van der Waals surface area contributed by atoms with E-state index in [1.54, 1.807) is 6.20 Å². The van der Waals surface area contributed by atoms with E-state index in [0.717, 1.165) is 0 Å². The Bertz CT molecular complexity index is 300. The quantitative estimate of drug-likeness (QED) is 0.692. The molecule has 2 rings (SSSR count). The summed E-state index contributed by atoms with van der Waals surface area (Å²) in [7, 11) is 0. The van der Waals surface area contributed by atoms with Gasteiger partial charge in [-0.2, -0.15) is 0 Å². The van der Waals surface area contributed by atoms with Crippen molar-refractivity contribution in [3.8, 4) is 0 Å². The van der Waals surface area contributed by atoms with Crippen molar-refractivity contribution in [3.63, 3.8) is 0 Å². The summed E-state index contributed by atoms with van der Waals surface area (Å²) in [6, 6.07) is 0. The zero-order chi connectivity index (χ0) is 10.4. The molecule has 0 aliphatic carbocycles. The summed E-state index contributed by atoms with van der Waals surface area (Å²) in [4.78, 5) is 3.84. The van der Waals surface area contributed by atoms with E-state index in [0.29, 0.717) is 5.76 Å². The normalized spacial score (nSPS) is 25.4. The average molecular weight is 197 g/mol. The largest absolute Gasteiger partial charge is 0.443 e. The summed E-state index contributed by atoms with van der Waals surface area (Å²) in [6.45, 7) is 8.01. The average Bonchev–Trinajstić information content (AvgIpc) is 2.58. The maximum atomic E-state index is 5.75. The molecule has 4 heteroatoms. The van der Waals surface area contributed by atoms with Crippen LogP contribution in [0.2, 0.25) is 0 Å². The molecule has 0 radical (unpaired) electrons. The molecule has 1 fully saturated rings. The first-order valence-corrected chi connectivity index (χ1v) is 4.66. The van der Waals surface area contributed by atoms with E-state index < -0.39 is 6.29 Å². The van der Waals surface area contributed by atoms with E-state index in [2.05, 4.69) is 4.98 Å². The second-order valence-corrected chi connectivity index (χ2v) is 4.49. The molecule has 1 aliphatic heterocycles. The highest BCUT2D eigenvalue weighted by Crippen LogP contribution is 2.44. The fraction of sp³-hybridized carbons (Fsp3) is 0.700. The van der Waals surface area contributed by atoms with Gasteiger partial charge in [-0.15, -0.1) is 0 Å². The molecule has 0 amide bonds. The Morgan fingerprint density at radius 2 is 1.71 bits per heavy atom. The van der Waals surface area contributed by atoms with Crippen LogP contribution in [0, 0.1) is 0 Å². The van der Waals surface area contributed by atoms with Crippen LogP contribution in [0.25, 0.3) is 0 Å². The summed E-state index contributed by atoms with van der Waals surface area (Å²) < 4.78 is 16.6. The van der Waals surface area contributed by atoms with Gasteiger partial charge in [-0.1, -0.05) is 0 Å². The van der Waals surface area contributed by atoms with Crippen molar-refractivity contribution >= 4 is 0 Å². The van der Waals surface area contributed by atoms with Crippen molar-refractivity contribution in [2.24, 2.45) is 0 Å². The van der Waals surface area contributed by atoms with Crippen molar-refractivity contribution in [2.75, 3.05) is 0 Å². The molecule has 0 aromatic carbocycles. The van der Waals surface area contributed by atoms with Crippen LogP contribution in [-0.4, -0.2) is 16.2 Å². The lowest BCUT2D eigenvalue weighted by Crippen LogP contribution is -2.41. The minimum absolute atomic E-state index is 0.329. The second-order valence-electron chi connectivity index (χ2n) is 4.49. The molecule has 0 saturated carbocycles. The van der Waals surface area contributed by atoms with Crippen LogP contribution in [0.1, 0.15) is 39.7 Å². The third kappa shape index (κ3) is 1.35. The first-order chi connectivity index (χ1) is 6.42. The van der Waals surface area contributed by atoms with Gasteiger partial charge in [0.2, 0.25) is 6.29 Å². The SMILES string of the molecule is CC1(C)OC(c2cnco2)OC1(C)C. The van der Waals surface area contributed by atoms with E-state index in [-0.39, 0.29) is 11.2 Å². The molecule has 4 nitrogen and oxygen atoms in total. The van der Waals surface area contributed by atoms with Crippen molar-refractivity contribution in [1.82, 2.24) is 4.98 Å². The lowest BCUT2D eigenvalue weighted by atomic mass is 9.90. The monoisotopic (exact) mass is 197 g/mol. The molecule has 1 aliphatic rings. The summed E-state index contributed by atoms with van der Waals surface area (Å²) in [5.41, 5.74) is -0.658. The molecule has 1 aromatic heterocycles. The predicted octanol–water partition coefficient (Wildman–Crippen LogP) is 2.28. The summed E-state index contributed by atoms with van der Waals surface area (Å²) in [5.74, 6) is 0.614. The molecule has 1 aromatic rings. The number of ether oxygens (including phenoxy) is 2. The number of nitrogens with zero attached hydrogens (tertiary/aromatic N) is 1. The van der Waals surface area contributed by atoms with E-state index >= 15 is 0 Å². The molecular weight excluding hydrogens is 182 g/mol. The van der Waals surface area contributed by atoms with Crippen LogP contribution in [0.3, 0.4) is 0 Å². The molecular formula is C10H15NO3. The Hall–Kier alpha value is -0.870. The van der Waals surface area contributed by atoms with E-state index in [1.807, 2.05) is 27.7 Å². The van der Waals surface area contributed by atoms with Crippen LogP contribution in [-0.2, 0) is 9.47 Å². The number of hydrogen-bond donors (Lipinski definition) is 0. The predicted molar refractivity (Wildman–Crippen MR) is 49.6 cm³/mol. The van der Waals surface area contributed by atoms with Crippen molar-refractivity contribution in [1.29, 1.82) is 0 Å². The Labute approximate surface area is 83.2 Å². The molecule has 78 valence electrons. The molecule has 0 N–H and O–H groups in total. The number of rotatable bonds is 1. The molecule has 0 bridgehead atoms. The fourth-order valence-electron chi connectivity index (χ4n) is 1.30. The van der Waals surface area contributed by atoms with Crippen molar-refractivity contribution in [2.45, 2.75) is 45.2 Å². The first-order valence-electron chi connectivity index (χ1n) is 4.66. The maximum absolute atomic E-state index is 5.75. The van der Waals surface area contributed by atoms with Crippen LogP contribution >= 0.6 is 0 Å². The van der Waals surface area contributed by atoms with Crippen LogP contribution < -0.4 is 0 Å². The topological polar surface area (TPSA) is 44.5 Å². The Morgan fingerprint density at radius 3 is 2.14 bits per heavy atom. The lowest BCUT2D eigenvalue weighted by Gasteiger charge is -2.30. The minimum atomic E-state index is -0.442. The Morgan fingerprint density at radius 1 is 1.14 bits per heavy atom. The molecule has 2 heterocycles. The minimum Gasteiger partial charge on any atom is -0.443 e. The zero-order valence-electron chi connectivity index (χ0n) is 8.90. The first kappa shape index (κ1) is 9.68. The number of aromatic nitrogens is 1. The van der Waals surface area contributed by atoms with Gasteiger partial charge in [0.25, 0.3) is 0 Å². The van der Waals surface area contributed by atoms with Crippen LogP contribution in [0.5, 0.6) is 0 Å². The van der Waals surface area contributed by atoms with Gasteiger partial charge in [0.05, 0.1) is 17.4 Å².